The Hall–Kier alpha value is -2.22. The van der Waals surface area contributed by atoms with Gasteiger partial charge < -0.3 is 9.15 Å². The van der Waals surface area contributed by atoms with Crippen LogP contribution >= 0.6 is 0 Å². The summed E-state index contributed by atoms with van der Waals surface area (Å²) in [5.41, 5.74) is 5.88. The number of allylic oxidation sites excluding steroid dienone is 2. The standard InChI is InChI=1S/C15H10O2/c1-2-5-11-10(4-1)13-8-16-9-14(13)12-6-3-7-17-15(11)12/h1-9,15H. The van der Waals surface area contributed by atoms with E-state index in [0.717, 1.165) is 11.1 Å². The summed E-state index contributed by atoms with van der Waals surface area (Å²) in [6.07, 6.45) is 9.38. The van der Waals surface area contributed by atoms with Crippen molar-refractivity contribution in [1.29, 1.82) is 0 Å². The summed E-state index contributed by atoms with van der Waals surface area (Å²) < 4.78 is 11.1. The first-order chi connectivity index (χ1) is 8.45. The van der Waals surface area contributed by atoms with Crippen LogP contribution in [0.5, 0.6) is 0 Å². The summed E-state index contributed by atoms with van der Waals surface area (Å²) >= 11 is 0. The average molecular weight is 222 g/mol. The van der Waals surface area contributed by atoms with Crippen LogP contribution in [0.3, 0.4) is 0 Å². The van der Waals surface area contributed by atoms with Gasteiger partial charge in [-0.05, 0) is 11.6 Å². The Morgan fingerprint density at radius 1 is 0.941 bits per heavy atom. The molecule has 0 bridgehead atoms. The molecule has 4 rings (SSSR count). The summed E-state index contributed by atoms with van der Waals surface area (Å²) in [7, 11) is 0. The summed E-state index contributed by atoms with van der Waals surface area (Å²) in [6, 6.07) is 8.32. The highest BCUT2D eigenvalue weighted by molar-refractivity contribution is 5.90. The van der Waals surface area contributed by atoms with Crippen molar-refractivity contribution in [3.63, 3.8) is 0 Å². The zero-order valence-electron chi connectivity index (χ0n) is 9.09. The Kier molecular flexibility index (Phi) is 1.64. The molecule has 2 nitrogen and oxygen atoms in total. The van der Waals surface area contributed by atoms with Crippen molar-refractivity contribution in [2.24, 2.45) is 0 Å². The van der Waals surface area contributed by atoms with E-state index >= 15 is 0 Å². The van der Waals surface area contributed by atoms with Gasteiger partial charge in [0.15, 0.2) is 0 Å². The summed E-state index contributed by atoms with van der Waals surface area (Å²) in [5.74, 6) is 0. The molecular weight excluding hydrogens is 212 g/mol. The van der Waals surface area contributed by atoms with Gasteiger partial charge >= 0.3 is 0 Å². The lowest BCUT2D eigenvalue weighted by atomic mass is 9.82. The van der Waals surface area contributed by atoms with E-state index in [1.54, 1.807) is 12.5 Å². The van der Waals surface area contributed by atoms with Crippen LogP contribution in [0, 0.1) is 0 Å². The molecule has 82 valence electrons. The van der Waals surface area contributed by atoms with E-state index in [4.69, 9.17) is 9.15 Å². The maximum Gasteiger partial charge on any atom is 0.149 e. The van der Waals surface area contributed by atoms with Crippen molar-refractivity contribution in [2.45, 2.75) is 6.10 Å². The number of hydrogen-bond acceptors (Lipinski definition) is 2. The minimum Gasteiger partial charge on any atom is -0.489 e. The zero-order chi connectivity index (χ0) is 11.2. The van der Waals surface area contributed by atoms with Crippen LogP contribution in [-0.4, -0.2) is 0 Å². The van der Waals surface area contributed by atoms with Crippen molar-refractivity contribution >= 4 is 5.57 Å². The van der Waals surface area contributed by atoms with Crippen molar-refractivity contribution in [1.82, 2.24) is 0 Å². The summed E-state index contributed by atoms with van der Waals surface area (Å²) in [6.45, 7) is 0. The first kappa shape index (κ1) is 8.88. The van der Waals surface area contributed by atoms with Crippen LogP contribution in [0.1, 0.15) is 17.2 Å². The van der Waals surface area contributed by atoms with Crippen LogP contribution < -0.4 is 0 Å². The molecule has 0 spiro atoms. The monoisotopic (exact) mass is 222 g/mol. The van der Waals surface area contributed by atoms with Gasteiger partial charge in [0.25, 0.3) is 0 Å². The Morgan fingerprint density at radius 3 is 2.82 bits per heavy atom. The van der Waals surface area contributed by atoms with Crippen molar-refractivity contribution in [2.75, 3.05) is 0 Å². The smallest absolute Gasteiger partial charge is 0.149 e. The molecule has 0 amide bonds. The second kappa shape index (κ2) is 3.14. The van der Waals surface area contributed by atoms with E-state index in [-0.39, 0.29) is 6.10 Å². The number of hydrogen-bond donors (Lipinski definition) is 0. The van der Waals surface area contributed by atoms with Gasteiger partial charge in [0.1, 0.15) is 6.10 Å². The molecule has 0 radical (unpaired) electrons. The second-order valence-corrected chi connectivity index (χ2v) is 4.25. The van der Waals surface area contributed by atoms with Crippen molar-refractivity contribution in [3.8, 4) is 11.1 Å². The molecular formula is C15H10O2. The molecule has 1 aromatic heterocycles. The topological polar surface area (TPSA) is 22.4 Å². The molecule has 1 aliphatic carbocycles. The van der Waals surface area contributed by atoms with E-state index in [1.807, 2.05) is 24.5 Å². The largest absolute Gasteiger partial charge is 0.489 e. The highest BCUT2D eigenvalue weighted by Gasteiger charge is 2.31. The fourth-order valence-corrected chi connectivity index (χ4v) is 2.60. The van der Waals surface area contributed by atoms with E-state index in [0.29, 0.717) is 0 Å². The van der Waals surface area contributed by atoms with Gasteiger partial charge in [0.05, 0.1) is 18.8 Å². The predicted octanol–water partition coefficient (Wildman–Crippen LogP) is 3.93. The molecule has 2 aliphatic rings. The third-order valence-corrected chi connectivity index (χ3v) is 3.36. The lowest BCUT2D eigenvalue weighted by molar-refractivity contribution is 0.195. The van der Waals surface area contributed by atoms with Crippen LogP contribution in [0.2, 0.25) is 0 Å². The Bertz CT molecular complexity index is 646. The van der Waals surface area contributed by atoms with Crippen LogP contribution in [-0.2, 0) is 4.74 Å². The van der Waals surface area contributed by atoms with Gasteiger partial charge in [-0.15, -0.1) is 0 Å². The SMILES string of the molecule is C1=COC2C(=C1)c1cocc1-c1ccccc12. The van der Waals surface area contributed by atoms with Crippen molar-refractivity contribution in [3.05, 3.63) is 66.3 Å². The Morgan fingerprint density at radius 2 is 1.82 bits per heavy atom. The lowest BCUT2D eigenvalue weighted by Crippen LogP contribution is -2.12. The van der Waals surface area contributed by atoms with E-state index in [9.17, 15) is 0 Å². The normalized spacial score (nSPS) is 19.8. The van der Waals surface area contributed by atoms with Gasteiger partial charge in [-0.1, -0.05) is 30.3 Å². The molecule has 2 aromatic rings. The minimum absolute atomic E-state index is 0.00120. The van der Waals surface area contributed by atoms with Gasteiger partial charge in [0.2, 0.25) is 0 Å². The molecule has 0 N–H and O–H groups in total. The van der Waals surface area contributed by atoms with E-state index in [1.165, 1.54) is 16.7 Å². The molecule has 1 unspecified atom stereocenters. The average Bonchev–Trinajstić information content (AvgIpc) is 2.89. The minimum atomic E-state index is 0.00120. The number of ether oxygens (including phenoxy) is 1. The fraction of sp³-hybridized carbons (Fsp3) is 0.0667. The first-order valence-corrected chi connectivity index (χ1v) is 5.63. The maximum atomic E-state index is 5.74. The van der Waals surface area contributed by atoms with Crippen LogP contribution in [0.15, 0.2) is 59.6 Å². The van der Waals surface area contributed by atoms with E-state index in [2.05, 4.69) is 18.2 Å². The first-order valence-electron chi connectivity index (χ1n) is 5.63. The molecule has 2 heteroatoms. The van der Waals surface area contributed by atoms with Crippen LogP contribution in [0.25, 0.3) is 16.7 Å². The van der Waals surface area contributed by atoms with Gasteiger partial charge in [-0.3, -0.25) is 0 Å². The molecule has 0 saturated heterocycles. The molecule has 17 heavy (non-hydrogen) atoms. The van der Waals surface area contributed by atoms with Gasteiger partial charge in [-0.25, -0.2) is 0 Å². The number of benzene rings is 1. The molecule has 1 atom stereocenters. The lowest BCUT2D eigenvalue weighted by Gasteiger charge is -2.29. The summed E-state index contributed by atoms with van der Waals surface area (Å²) in [5, 5.41) is 0. The molecule has 1 aromatic carbocycles. The van der Waals surface area contributed by atoms with E-state index < -0.39 is 0 Å². The maximum absolute atomic E-state index is 5.74. The number of rotatable bonds is 0. The fourth-order valence-electron chi connectivity index (χ4n) is 2.60. The number of fused-ring (bicyclic) bond motifs is 6. The predicted molar refractivity (Wildman–Crippen MR) is 65.1 cm³/mol. The molecule has 0 fully saturated rings. The highest BCUT2D eigenvalue weighted by Crippen LogP contribution is 2.48. The van der Waals surface area contributed by atoms with Crippen LogP contribution in [0.4, 0.5) is 0 Å². The van der Waals surface area contributed by atoms with Gasteiger partial charge in [0, 0.05) is 22.3 Å². The number of furan rings is 1. The zero-order valence-corrected chi connectivity index (χ0v) is 9.09. The quantitative estimate of drug-likeness (QED) is 0.673. The third kappa shape index (κ3) is 1.10. The molecule has 1 aliphatic heterocycles. The summed E-state index contributed by atoms with van der Waals surface area (Å²) in [4.78, 5) is 0. The molecule has 2 heterocycles. The van der Waals surface area contributed by atoms with Crippen molar-refractivity contribution < 1.29 is 9.15 Å². The second-order valence-electron chi connectivity index (χ2n) is 4.25. The highest BCUT2D eigenvalue weighted by atomic mass is 16.5. The Labute approximate surface area is 98.8 Å². The molecule has 0 saturated carbocycles. The Balaban J connectivity index is 2.08. The van der Waals surface area contributed by atoms with Gasteiger partial charge in [-0.2, -0.15) is 0 Å². The third-order valence-electron chi connectivity index (χ3n) is 3.36.